The van der Waals surface area contributed by atoms with Gasteiger partial charge in [0.15, 0.2) is 0 Å². The molecule has 0 aliphatic carbocycles. The Bertz CT molecular complexity index is 379. The van der Waals surface area contributed by atoms with Crippen molar-refractivity contribution in [2.24, 2.45) is 0 Å². The molecule has 3 heteroatoms. The predicted molar refractivity (Wildman–Crippen MR) is 81.3 cm³/mol. The van der Waals surface area contributed by atoms with Crippen molar-refractivity contribution in [2.75, 3.05) is 25.0 Å². The lowest BCUT2D eigenvalue weighted by Gasteiger charge is -2.25. The Morgan fingerprint density at radius 2 is 2.00 bits per heavy atom. The minimum Gasteiger partial charge on any atom is -0.374 e. The lowest BCUT2D eigenvalue weighted by atomic mass is 10.0. The van der Waals surface area contributed by atoms with E-state index in [1.807, 2.05) is 6.07 Å². The van der Waals surface area contributed by atoms with Crippen molar-refractivity contribution in [3.8, 4) is 0 Å². The van der Waals surface area contributed by atoms with Gasteiger partial charge >= 0.3 is 0 Å². The van der Waals surface area contributed by atoms with E-state index in [-0.39, 0.29) is 11.9 Å². The second-order valence-electron chi connectivity index (χ2n) is 5.15. The standard InChI is InChI=1S/C16H27FN2/c1-5-7-11-19(4)16-9-8-14(17)12-15(16)13(3)18-10-6-2/h8-9,12-13,18H,5-7,10-11H2,1-4H3. The summed E-state index contributed by atoms with van der Waals surface area (Å²) in [7, 11) is 2.08. The first-order valence-corrected chi connectivity index (χ1v) is 7.34. The van der Waals surface area contributed by atoms with E-state index in [2.05, 4.69) is 38.0 Å². The van der Waals surface area contributed by atoms with Gasteiger partial charge in [0.2, 0.25) is 0 Å². The first-order valence-electron chi connectivity index (χ1n) is 7.34. The molecule has 0 spiro atoms. The normalized spacial score (nSPS) is 12.5. The topological polar surface area (TPSA) is 15.3 Å². The second-order valence-corrected chi connectivity index (χ2v) is 5.15. The Balaban J connectivity index is 2.90. The molecular weight excluding hydrogens is 239 g/mol. The van der Waals surface area contributed by atoms with Crippen molar-refractivity contribution in [3.63, 3.8) is 0 Å². The summed E-state index contributed by atoms with van der Waals surface area (Å²) in [6.45, 7) is 8.39. The number of benzene rings is 1. The molecule has 0 aromatic heterocycles. The summed E-state index contributed by atoms with van der Waals surface area (Å²) in [6, 6.07) is 5.28. The summed E-state index contributed by atoms with van der Waals surface area (Å²) in [6.07, 6.45) is 3.41. The molecule has 0 aliphatic heterocycles. The van der Waals surface area contributed by atoms with Crippen LogP contribution in [-0.2, 0) is 0 Å². The Morgan fingerprint density at radius 3 is 2.63 bits per heavy atom. The predicted octanol–water partition coefficient (Wildman–Crippen LogP) is 4.12. The quantitative estimate of drug-likeness (QED) is 0.761. The van der Waals surface area contributed by atoms with Crippen molar-refractivity contribution < 1.29 is 4.39 Å². The zero-order chi connectivity index (χ0) is 14.3. The summed E-state index contributed by atoms with van der Waals surface area (Å²) in [4.78, 5) is 2.22. The minimum atomic E-state index is -0.159. The van der Waals surface area contributed by atoms with Gasteiger partial charge in [-0.2, -0.15) is 0 Å². The summed E-state index contributed by atoms with van der Waals surface area (Å²) in [5.41, 5.74) is 2.18. The second kappa shape index (κ2) is 8.16. The van der Waals surface area contributed by atoms with E-state index in [4.69, 9.17) is 0 Å². The molecule has 0 heterocycles. The molecule has 0 amide bonds. The van der Waals surface area contributed by atoms with Crippen LogP contribution in [0.1, 0.15) is 51.6 Å². The molecule has 0 radical (unpaired) electrons. The zero-order valence-corrected chi connectivity index (χ0v) is 12.7. The van der Waals surface area contributed by atoms with Crippen LogP contribution in [0.3, 0.4) is 0 Å². The van der Waals surface area contributed by atoms with Crippen LogP contribution in [0.2, 0.25) is 0 Å². The van der Waals surface area contributed by atoms with Crippen molar-refractivity contribution in [2.45, 2.75) is 46.1 Å². The van der Waals surface area contributed by atoms with E-state index in [1.165, 1.54) is 6.42 Å². The Kier molecular flexibility index (Phi) is 6.85. The molecule has 0 fully saturated rings. The maximum atomic E-state index is 13.5. The van der Waals surface area contributed by atoms with Crippen LogP contribution in [0.15, 0.2) is 18.2 Å². The van der Waals surface area contributed by atoms with Gasteiger partial charge in [-0.25, -0.2) is 4.39 Å². The first kappa shape index (κ1) is 16.0. The third kappa shape index (κ3) is 4.83. The summed E-state index contributed by atoms with van der Waals surface area (Å²) < 4.78 is 13.5. The van der Waals surface area contributed by atoms with E-state index < -0.39 is 0 Å². The van der Waals surface area contributed by atoms with E-state index in [0.29, 0.717) is 0 Å². The highest BCUT2D eigenvalue weighted by atomic mass is 19.1. The Labute approximate surface area is 117 Å². The number of halogens is 1. The van der Waals surface area contributed by atoms with E-state index >= 15 is 0 Å². The van der Waals surface area contributed by atoms with Gasteiger partial charge in [-0.3, -0.25) is 0 Å². The van der Waals surface area contributed by atoms with Gasteiger partial charge in [-0.1, -0.05) is 20.3 Å². The fourth-order valence-corrected chi connectivity index (χ4v) is 2.21. The van der Waals surface area contributed by atoms with Crippen LogP contribution in [0.4, 0.5) is 10.1 Å². The molecule has 1 unspecified atom stereocenters. The molecular formula is C16H27FN2. The number of nitrogens with zero attached hydrogens (tertiary/aromatic N) is 1. The van der Waals surface area contributed by atoms with Crippen molar-refractivity contribution in [3.05, 3.63) is 29.6 Å². The van der Waals surface area contributed by atoms with Crippen LogP contribution in [0.5, 0.6) is 0 Å². The average Bonchev–Trinajstić information content (AvgIpc) is 2.41. The Hall–Kier alpha value is -1.09. The highest BCUT2D eigenvalue weighted by Gasteiger charge is 2.13. The van der Waals surface area contributed by atoms with Gasteiger partial charge in [-0.15, -0.1) is 0 Å². The fourth-order valence-electron chi connectivity index (χ4n) is 2.21. The molecule has 0 aliphatic rings. The molecule has 2 nitrogen and oxygen atoms in total. The number of nitrogens with one attached hydrogen (secondary N) is 1. The number of hydrogen-bond donors (Lipinski definition) is 1. The zero-order valence-electron chi connectivity index (χ0n) is 12.7. The van der Waals surface area contributed by atoms with Gasteiger partial charge in [0.05, 0.1) is 0 Å². The molecule has 1 N–H and O–H groups in total. The molecule has 1 aromatic carbocycles. The lowest BCUT2D eigenvalue weighted by Crippen LogP contribution is -2.25. The van der Waals surface area contributed by atoms with E-state index in [9.17, 15) is 4.39 Å². The molecule has 1 atom stereocenters. The summed E-state index contributed by atoms with van der Waals surface area (Å²) in [5.74, 6) is -0.159. The van der Waals surface area contributed by atoms with Gasteiger partial charge in [-0.05, 0) is 50.1 Å². The van der Waals surface area contributed by atoms with Crippen molar-refractivity contribution >= 4 is 5.69 Å². The van der Waals surface area contributed by atoms with Crippen LogP contribution in [0, 0.1) is 5.82 Å². The minimum absolute atomic E-state index is 0.159. The highest BCUT2D eigenvalue weighted by molar-refractivity contribution is 5.54. The molecule has 0 saturated heterocycles. The fraction of sp³-hybridized carbons (Fsp3) is 0.625. The molecule has 1 aromatic rings. The first-order chi connectivity index (χ1) is 9.10. The monoisotopic (exact) mass is 266 g/mol. The molecule has 108 valence electrons. The third-order valence-electron chi connectivity index (χ3n) is 3.41. The van der Waals surface area contributed by atoms with Crippen LogP contribution in [-0.4, -0.2) is 20.1 Å². The van der Waals surface area contributed by atoms with Crippen LogP contribution in [0.25, 0.3) is 0 Å². The van der Waals surface area contributed by atoms with Gasteiger partial charge < -0.3 is 10.2 Å². The maximum Gasteiger partial charge on any atom is 0.123 e. The number of rotatable bonds is 8. The number of anilines is 1. The molecule has 19 heavy (non-hydrogen) atoms. The van der Waals surface area contributed by atoms with Crippen LogP contribution < -0.4 is 10.2 Å². The van der Waals surface area contributed by atoms with Crippen LogP contribution >= 0.6 is 0 Å². The molecule has 0 saturated carbocycles. The number of hydrogen-bond acceptors (Lipinski definition) is 2. The summed E-state index contributed by atoms with van der Waals surface area (Å²) in [5, 5.41) is 3.43. The number of unbranched alkanes of at least 4 members (excludes halogenated alkanes) is 1. The van der Waals surface area contributed by atoms with Crippen molar-refractivity contribution in [1.29, 1.82) is 0 Å². The van der Waals surface area contributed by atoms with Gasteiger partial charge in [0, 0.05) is 25.3 Å². The maximum absolute atomic E-state index is 13.5. The molecule has 0 bridgehead atoms. The van der Waals surface area contributed by atoms with Gasteiger partial charge in [0.1, 0.15) is 5.82 Å². The van der Waals surface area contributed by atoms with Crippen molar-refractivity contribution in [1.82, 2.24) is 5.32 Å². The molecule has 1 rings (SSSR count). The van der Waals surface area contributed by atoms with E-state index in [1.54, 1.807) is 12.1 Å². The Morgan fingerprint density at radius 1 is 1.26 bits per heavy atom. The lowest BCUT2D eigenvalue weighted by molar-refractivity contribution is 0.561. The van der Waals surface area contributed by atoms with E-state index in [0.717, 1.165) is 37.2 Å². The third-order valence-corrected chi connectivity index (χ3v) is 3.41. The smallest absolute Gasteiger partial charge is 0.123 e. The SMILES string of the molecule is CCCCN(C)c1ccc(F)cc1C(C)NCCC. The average molecular weight is 266 g/mol. The highest BCUT2D eigenvalue weighted by Crippen LogP contribution is 2.27. The largest absolute Gasteiger partial charge is 0.374 e. The van der Waals surface area contributed by atoms with Gasteiger partial charge in [0.25, 0.3) is 0 Å². The summed E-state index contributed by atoms with van der Waals surface area (Å²) >= 11 is 0.